The molecule has 2 heterocycles. The average Bonchev–Trinajstić information content (AvgIpc) is 3.29. The van der Waals surface area contributed by atoms with Gasteiger partial charge in [-0.3, -0.25) is 14.5 Å². The number of amides is 2. The molecule has 1 saturated heterocycles. The molecular weight excluding hydrogens is 435 g/mol. The number of halogens is 1. The first-order chi connectivity index (χ1) is 16.0. The largest absolute Gasteiger partial charge is 0.343 e. The third kappa shape index (κ3) is 4.47. The second kappa shape index (κ2) is 8.71. The second-order valence-electron chi connectivity index (χ2n) is 8.15. The van der Waals surface area contributed by atoms with E-state index in [1.54, 1.807) is 12.1 Å². The maximum absolute atomic E-state index is 13.5. The van der Waals surface area contributed by atoms with E-state index in [2.05, 4.69) is 4.57 Å². The van der Waals surface area contributed by atoms with Gasteiger partial charge in [0.2, 0.25) is 0 Å². The van der Waals surface area contributed by atoms with Crippen molar-refractivity contribution >= 4 is 39.9 Å². The van der Waals surface area contributed by atoms with Crippen LogP contribution in [0.4, 0.5) is 9.18 Å². The minimum atomic E-state index is -0.268. The van der Waals surface area contributed by atoms with E-state index in [-0.39, 0.29) is 23.5 Å². The number of carbonyl (C=O) groups excluding carboxylic acids is 2. The van der Waals surface area contributed by atoms with Crippen molar-refractivity contribution in [1.29, 1.82) is 0 Å². The smallest absolute Gasteiger partial charge is 0.293 e. The molecule has 0 spiro atoms. The Bertz CT molecular complexity index is 1420. The fourth-order valence-corrected chi connectivity index (χ4v) is 4.90. The van der Waals surface area contributed by atoms with Crippen molar-refractivity contribution < 1.29 is 14.0 Å². The van der Waals surface area contributed by atoms with Gasteiger partial charge < -0.3 is 4.57 Å². The molecule has 33 heavy (non-hydrogen) atoms. The molecule has 1 aliphatic rings. The molecule has 0 radical (unpaired) electrons. The number of imide groups is 1. The number of aryl methyl sites for hydroxylation is 1. The van der Waals surface area contributed by atoms with E-state index in [9.17, 15) is 14.0 Å². The number of fused-ring (bicyclic) bond motifs is 1. The molecule has 0 bridgehead atoms. The fourth-order valence-electron chi connectivity index (χ4n) is 4.06. The van der Waals surface area contributed by atoms with E-state index in [0.717, 1.165) is 44.9 Å². The fraction of sp³-hybridized carbons (Fsp3) is 0.111. The summed E-state index contributed by atoms with van der Waals surface area (Å²) < 4.78 is 15.6. The maximum Gasteiger partial charge on any atom is 0.293 e. The van der Waals surface area contributed by atoms with E-state index in [1.165, 1.54) is 17.0 Å². The van der Waals surface area contributed by atoms with Crippen molar-refractivity contribution in [1.82, 2.24) is 9.47 Å². The highest BCUT2D eigenvalue weighted by Crippen LogP contribution is 2.34. The molecular formula is C27H21FN2O2S. The summed E-state index contributed by atoms with van der Waals surface area (Å²) in [7, 11) is 0. The first-order valence-corrected chi connectivity index (χ1v) is 11.4. The van der Waals surface area contributed by atoms with Crippen LogP contribution < -0.4 is 0 Å². The van der Waals surface area contributed by atoms with Crippen LogP contribution in [0.25, 0.3) is 17.0 Å². The van der Waals surface area contributed by atoms with Gasteiger partial charge in [0.1, 0.15) is 5.82 Å². The molecule has 1 fully saturated rings. The first-order valence-electron chi connectivity index (χ1n) is 10.6. The van der Waals surface area contributed by atoms with E-state index < -0.39 is 0 Å². The summed E-state index contributed by atoms with van der Waals surface area (Å²) in [4.78, 5) is 27.1. The van der Waals surface area contributed by atoms with Crippen LogP contribution in [0.3, 0.4) is 0 Å². The van der Waals surface area contributed by atoms with E-state index in [1.807, 2.05) is 67.7 Å². The summed E-state index contributed by atoms with van der Waals surface area (Å²) in [6, 6.07) is 22.3. The van der Waals surface area contributed by atoms with Gasteiger partial charge in [0.25, 0.3) is 11.1 Å². The van der Waals surface area contributed by atoms with E-state index in [0.29, 0.717) is 11.4 Å². The Labute approximate surface area is 195 Å². The molecule has 0 N–H and O–H groups in total. The predicted molar refractivity (Wildman–Crippen MR) is 130 cm³/mol. The van der Waals surface area contributed by atoms with Gasteiger partial charge >= 0.3 is 0 Å². The normalized spacial score (nSPS) is 15.2. The predicted octanol–water partition coefficient (Wildman–Crippen LogP) is 6.37. The molecule has 164 valence electrons. The van der Waals surface area contributed by atoms with Gasteiger partial charge in [0.05, 0.1) is 11.4 Å². The van der Waals surface area contributed by atoms with Gasteiger partial charge in [0.15, 0.2) is 0 Å². The van der Waals surface area contributed by atoms with Crippen molar-refractivity contribution in [3.8, 4) is 0 Å². The SMILES string of the molecule is Cc1cccc(CN2C(=O)S/C(=C/c3ccc4c(ccn4Cc4cccc(F)c4)c3)C2=O)c1. The van der Waals surface area contributed by atoms with Crippen LogP contribution in [0.15, 0.2) is 83.9 Å². The highest BCUT2D eigenvalue weighted by molar-refractivity contribution is 8.18. The molecule has 0 unspecified atom stereocenters. The molecule has 0 atom stereocenters. The van der Waals surface area contributed by atoms with Gasteiger partial charge in [-0.2, -0.15) is 0 Å². The van der Waals surface area contributed by atoms with Gasteiger partial charge in [-0.15, -0.1) is 0 Å². The lowest BCUT2D eigenvalue weighted by atomic mass is 10.1. The van der Waals surface area contributed by atoms with Crippen molar-refractivity contribution in [3.05, 3.63) is 112 Å². The Hall–Kier alpha value is -3.64. The molecule has 5 rings (SSSR count). The summed E-state index contributed by atoms with van der Waals surface area (Å²) in [5.41, 5.74) is 4.78. The van der Waals surface area contributed by atoms with Gasteiger partial charge in [-0.1, -0.05) is 48.0 Å². The topological polar surface area (TPSA) is 42.3 Å². The van der Waals surface area contributed by atoms with Crippen LogP contribution in [-0.4, -0.2) is 20.6 Å². The number of nitrogens with zero attached hydrogens (tertiary/aromatic N) is 2. The number of aromatic nitrogens is 1. The molecule has 4 nitrogen and oxygen atoms in total. The summed E-state index contributed by atoms with van der Waals surface area (Å²) >= 11 is 0.972. The summed E-state index contributed by atoms with van der Waals surface area (Å²) in [5, 5.41) is 0.759. The first kappa shape index (κ1) is 21.2. The molecule has 6 heteroatoms. The Balaban J connectivity index is 1.36. The van der Waals surface area contributed by atoms with Crippen LogP contribution in [0, 0.1) is 12.7 Å². The Morgan fingerprint density at radius 3 is 2.48 bits per heavy atom. The zero-order valence-corrected chi connectivity index (χ0v) is 18.8. The Kier molecular flexibility index (Phi) is 5.60. The third-order valence-corrected chi connectivity index (χ3v) is 6.54. The minimum absolute atomic E-state index is 0.248. The van der Waals surface area contributed by atoms with Crippen molar-refractivity contribution in [2.75, 3.05) is 0 Å². The molecule has 0 aliphatic carbocycles. The number of hydrogen-bond donors (Lipinski definition) is 0. The number of rotatable bonds is 5. The average molecular weight is 457 g/mol. The van der Waals surface area contributed by atoms with Gasteiger partial charge in [-0.05, 0) is 71.8 Å². The van der Waals surface area contributed by atoms with Crippen LogP contribution in [-0.2, 0) is 17.9 Å². The minimum Gasteiger partial charge on any atom is -0.343 e. The lowest BCUT2D eigenvalue weighted by Crippen LogP contribution is -2.27. The zero-order chi connectivity index (χ0) is 22.9. The number of benzene rings is 3. The lowest BCUT2D eigenvalue weighted by Gasteiger charge is -2.12. The van der Waals surface area contributed by atoms with Crippen molar-refractivity contribution in [2.24, 2.45) is 0 Å². The number of hydrogen-bond acceptors (Lipinski definition) is 3. The number of carbonyl (C=O) groups is 2. The second-order valence-corrected chi connectivity index (χ2v) is 9.14. The van der Waals surface area contributed by atoms with E-state index in [4.69, 9.17) is 0 Å². The molecule has 2 amide bonds. The molecule has 1 aliphatic heterocycles. The summed E-state index contributed by atoms with van der Waals surface area (Å²) in [6.07, 6.45) is 3.74. The maximum atomic E-state index is 13.5. The third-order valence-electron chi connectivity index (χ3n) is 5.63. The molecule has 0 saturated carbocycles. The van der Waals surface area contributed by atoms with Gasteiger partial charge in [-0.25, -0.2) is 4.39 Å². The van der Waals surface area contributed by atoms with Crippen LogP contribution in [0.5, 0.6) is 0 Å². The monoisotopic (exact) mass is 456 g/mol. The number of thioether (sulfide) groups is 1. The Morgan fingerprint density at radius 2 is 1.70 bits per heavy atom. The van der Waals surface area contributed by atoms with Crippen molar-refractivity contribution in [2.45, 2.75) is 20.0 Å². The lowest BCUT2D eigenvalue weighted by molar-refractivity contribution is -0.123. The molecule has 3 aromatic carbocycles. The van der Waals surface area contributed by atoms with Gasteiger partial charge in [0, 0.05) is 23.6 Å². The van der Waals surface area contributed by atoms with Crippen LogP contribution in [0.2, 0.25) is 0 Å². The van der Waals surface area contributed by atoms with Crippen LogP contribution in [0.1, 0.15) is 22.3 Å². The van der Waals surface area contributed by atoms with Crippen molar-refractivity contribution in [3.63, 3.8) is 0 Å². The zero-order valence-electron chi connectivity index (χ0n) is 18.0. The summed E-state index contributed by atoms with van der Waals surface area (Å²) in [5.74, 6) is -0.516. The molecule has 4 aromatic rings. The Morgan fingerprint density at radius 1 is 0.909 bits per heavy atom. The standard InChI is InChI=1S/C27H21FN2O2S/c1-18-4-2-5-20(12-18)17-30-26(31)25(33-27(30)32)15-19-8-9-24-22(13-19)10-11-29(24)16-21-6-3-7-23(28)14-21/h2-15H,16-17H2,1H3/b25-15+. The van der Waals surface area contributed by atoms with Crippen LogP contribution >= 0.6 is 11.8 Å². The highest BCUT2D eigenvalue weighted by atomic mass is 32.2. The summed E-state index contributed by atoms with van der Waals surface area (Å²) in [6.45, 7) is 2.82. The quantitative estimate of drug-likeness (QED) is 0.328. The molecule has 1 aromatic heterocycles. The highest BCUT2D eigenvalue weighted by Gasteiger charge is 2.35. The van der Waals surface area contributed by atoms with E-state index >= 15 is 0 Å².